The van der Waals surface area contributed by atoms with Crippen molar-refractivity contribution >= 4 is 39.2 Å². The molecule has 5 heterocycles. The highest BCUT2D eigenvalue weighted by atomic mass is 32.1. The number of nitrogens with zero attached hydrogens (tertiary/aromatic N) is 7. The normalized spacial score (nSPS) is 19.3. The molecule has 1 amide bonds. The lowest BCUT2D eigenvalue weighted by Crippen LogP contribution is -2.39. The van der Waals surface area contributed by atoms with E-state index in [2.05, 4.69) is 28.1 Å². The number of hydrogen-bond acceptors (Lipinski definition) is 8. The predicted octanol–water partition coefficient (Wildman–Crippen LogP) is 4.00. The van der Waals surface area contributed by atoms with Gasteiger partial charge in [0.25, 0.3) is 0 Å². The number of primary amides is 1. The summed E-state index contributed by atoms with van der Waals surface area (Å²) in [7, 11) is 0. The Kier molecular flexibility index (Phi) is 6.99. The number of carbonyl (C=O) groups is 1. The summed E-state index contributed by atoms with van der Waals surface area (Å²) >= 11 is 1.64. The number of amides is 1. The van der Waals surface area contributed by atoms with Gasteiger partial charge in [0.2, 0.25) is 17.7 Å². The van der Waals surface area contributed by atoms with Crippen molar-refractivity contribution < 1.29 is 18.0 Å². The number of nitrogens with two attached hydrogens (primary N) is 1. The molecule has 0 radical (unpaired) electrons. The largest absolute Gasteiger partial charge is 0.451 e. The van der Waals surface area contributed by atoms with Gasteiger partial charge >= 0.3 is 6.18 Å². The van der Waals surface area contributed by atoms with Crippen molar-refractivity contribution in [3.63, 3.8) is 0 Å². The van der Waals surface area contributed by atoms with E-state index in [0.717, 1.165) is 60.0 Å². The minimum Gasteiger partial charge on any atom is -0.369 e. The van der Waals surface area contributed by atoms with E-state index < -0.39 is 12.0 Å². The molecule has 1 fully saturated rings. The molecular formula is C24H31F3N8OS. The Balaban J connectivity index is 1.47. The van der Waals surface area contributed by atoms with Crippen LogP contribution < -0.4 is 15.5 Å². The molecule has 2 N–H and O–H groups in total. The average Bonchev–Trinajstić information content (AvgIpc) is 3.47. The first-order valence-corrected chi connectivity index (χ1v) is 13.5. The van der Waals surface area contributed by atoms with E-state index in [1.807, 2.05) is 11.8 Å². The van der Waals surface area contributed by atoms with Crippen molar-refractivity contribution in [1.29, 1.82) is 0 Å². The van der Waals surface area contributed by atoms with Gasteiger partial charge in [0.05, 0.1) is 11.9 Å². The number of hydrogen-bond donors (Lipinski definition) is 1. The van der Waals surface area contributed by atoms with Crippen LogP contribution in [0.5, 0.6) is 0 Å². The molecule has 3 aromatic rings. The number of halogens is 3. The van der Waals surface area contributed by atoms with Crippen LogP contribution in [0.3, 0.4) is 0 Å². The maximum Gasteiger partial charge on any atom is 0.451 e. The average molecular weight is 537 g/mol. The number of thiophene rings is 1. The zero-order valence-corrected chi connectivity index (χ0v) is 21.8. The van der Waals surface area contributed by atoms with Crippen molar-refractivity contribution in [2.75, 3.05) is 29.4 Å². The number of aryl methyl sites for hydroxylation is 1. The highest BCUT2D eigenvalue weighted by Gasteiger charge is 2.40. The van der Waals surface area contributed by atoms with Gasteiger partial charge in [-0.1, -0.05) is 20.3 Å². The van der Waals surface area contributed by atoms with Crippen LogP contribution in [0.15, 0.2) is 6.07 Å². The number of fused-ring (bicyclic) bond motifs is 2. The van der Waals surface area contributed by atoms with E-state index in [9.17, 15) is 18.0 Å². The van der Waals surface area contributed by atoms with Gasteiger partial charge < -0.3 is 20.1 Å². The molecule has 3 aromatic heterocycles. The molecule has 0 spiro atoms. The second-order valence-electron chi connectivity index (χ2n) is 10.0. The van der Waals surface area contributed by atoms with Crippen molar-refractivity contribution in [2.45, 2.75) is 65.2 Å². The Morgan fingerprint density at radius 2 is 2.03 bits per heavy atom. The number of anilines is 2. The first kappa shape index (κ1) is 25.7. The van der Waals surface area contributed by atoms with Crippen LogP contribution in [0, 0.1) is 11.8 Å². The minimum absolute atomic E-state index is 0.126. The molecule has 2 aliphatic rings. The highest BCUT2D eigenvalue weighted by Crippen LogP contribution is 2.37. The second kappa shape index (κ2) is 10.1. The van der Waals surface area contributed by atoms with E-state index in [1.54, 1.807) is 11.3 Å². The Hall–Kier alpha value is -2.96. The molecule has 0 aromatic carbocycles. The molecule has 2 atom stereocenters. The Bertz CT molecular complexity index is 1290. The van der Waals surface area contributed by atoms with Gasteiger partial charge in [-0.05, 0) is 37.7 Å². The minimum atomic E-state index is -4.54. The summed E-state index contributed by atoms with van der Waals surface area (Å²) in [6.45, 7) is 6.20. The lowest BCUT2D eigenvalue weighted by molar-refractivity contribution is -0.147. The van der Waals surface area contributed by atoms with Crippen molar-refractivity contribution in [3.05, 3.63) is 22.6 Å². The maximum absolute atomic E-state index is 13.3. The molecule has 0 bridgehead atoms. The van der Waals surface area contributed by atoms with E-state index >= 15 is 0 Å². The summed E-state index contributed by atoms with van der Waals surface area (Å²) in [6, 6.07) is 2.11. The van der Waals surface area contributed by atoms with Gasteiger partial charge in [0.1, 0.15) is 10.6 Å². The molecule has 0 saturated carbocycles. The number of carbonyl (C=O) groups excluding carboxylic acids is 1. The number of rotatable bonds is 7. The summed E-state index contributed by atoms with van der Waals surface area (Å²) in [6.07, 6.45) is 0.0980. The second-order valence-corrected chi connectivity index (χ2v) is 11.1. The molecule has 1 saturated heterocycles. The van der Waals surface area contributed by atoms with Gasteiger partial charge in [-0.15, -0.1) is 21.5 Å². The third kappa shape index (κ3) is 5.23. The van der Waals surface area contributed by atoms with E-state index in [-0.39, 0.29) is 30.7 Å². The van der Waals surface area contributed by atoms with Crippen LogP contribution in [0.2, 0.25) is 0 Å². The SMILES string of the molecule is CCCc1cc2c(N3CCn4c(nnc4C(F)(F)F)C3)nc(N3CCCC(C[C@H](C)C(N)=O)C3)nc2s1. The Labute approximate surface area is 216 Å². The van der Waals surface area contributed by atoms with E-state index in [0.29, 0.717) is 24.2 Å². The molecule has 0 aliphatic carbocycles. The molecule has 1 unspecified atom stereocenters. The molecular weight excluding hydrogens is 505 g/mol. The van der Waals surface area contributed by atoms with Crippen LogP contribution in [0.4, 0.5) is 24.9 Å². The monoisotopic (exact) mass is 536 g/mol. The number of alkyl halides is 3. The van der Waals surface area contributed by atoms with Crippen LogP contribution in [-0.2, 0) is 30.5 Å². The summed E-state index contributed by atoms with van der Waals surface area (Å²) in [5.41, 5.74) is 5.49. The maximum atomic E-state index is 13.3. The molecule has 37 heavy (non-hydrogen) atoms. The first-order valence-electron chi connectivity index (χ1n) is 12.7. The lowest BCUT2D eigenvalue weighted by atomic mass is 9.89. The fourth-order valence-corrected chi connectivity index (χ4v) is 6.42. The summed E-state index contributed by atoms with van der Waals surface area (Å²) in [4.78, 5) is 27.7. The van der Waals surface area contributed by atoms with Crippen LogP contribution in [0.1, 0.15) is 56.1 Å². The molecule has 2 aliphatic heterocycles. The smallest absolute Gasteiger partial charge is 0.369 e. The molecule has 200 valence electrons. The Morgan fingerprint density at radius 1 is 1.22 bits per heavy atom. The summed E-state index contributed by atoms with van der Waals surface area (Å²) < 4.78 is 41.2. The fraction of sp³-hybridized carbons (Fsp3) is 0.625. The lowest BCUT2D eigenvalue weighted by Gasteiger charge is -2.35. The summed E-state index contributed by atoms with van der Waals surface area (Å²) in [5, 5.41) is 8.17. The van der Waals surface area contributed by atoms with Crippen molar-refractivity contribution in [1.82, 2.24) is 24.7 Å². The fourth-order valence-electron chi connectivity index (χ4n) is 5.30. The van der Waals surface area contributed by atoms with Gasteiger partial charge in [-0.2, -0.15) is 18.2 Å². The predicted molar refractivity (Wildman–Crippen MR) is 135 cm³/mol. The van der Waals surface area contributed by atoms with E-state index in [1.165, 1.54) is 4.88 Å². The zero-order chi connectivity index (χ0) is 26.3. The third-order valence-corrected chi connectivity index (χ3v) is 8.28. The molecule has 9 nitrogen and oxygen atoms in total. The first-order chi connectivity index (χ1) is 17.6. The van der Waals surface area contributed by atoms with Crippen LogP contribution in [-0.4, -0.2) is 50.3 Å². The highest BCUT2D eigenvalue weighted by molar-refractivity contribution is 7.18. The number of piperidine rings is 1. The standard InChI is InChI=1S/C24H31F3N8OS/c1-3-5-16-11-17-20(33-8-9-35-18(13-33)31-32-22(35)24(25,26)27)29-23(30-21(17)37-16)34-7-4-6-15(12-34)10-14(2)19(28)36/h11,14-15H,3-10,12-13H2,1-2H3,(H2,28,36)/t14-,15?/m0/s1. The van der Waals surface area contributed by atoms with Gasteiger partial charge in [-0.3, -0.25) is 4.79 Å². The van der Waals surface area contributed by atoms with Gasteiger partial charge in [-0.25, -0.2) is 4.98 Å². The number of aromatic nitrogens is 5. The quantitative estimate of drug-likeness (QED) is 0.487. The van der Waals surface area contributed by atoms with Gasteiger partial charge in [0, 0.05) is 37.0 Å². The Morgan fingerprint density at radius 3 is 2.76 bits per heavy atom. The van der Waals surface area contributed by atoms with Crippen LogP contribution >= 0.6 is 11.3 Å². The van der Waals surface area contributed by atoms with Gasteiger partial charge in [0.15, 0.2) is 5.82 Å². The molecule has 5 rings (SSSR count). The zero-order valence-electron chi connectivity index (χ0n) is 21.0. The molecule has 13 heteroatoms. The van der Waals surface area contributed by atoms with E-state index in [4.69, 9.17) is 15.7 Å². The third-order valence-electron chi connectivity index (χ3n) is 7.19. The summed E-state index contributed by atoms with van der Waals surface area (Å²) in [5.74, 6) is 0.486. The van der Waals surface area contributed by atoms with Crippen molar-refractivity contribution in [3.8, 4) is 0 Å². The van der Waals surface area contributed by atoms with Crippen LogP contribution in [0.25, 0.3) is 10.2 Å². The topological polar surface area (TPSA) is 106 Å². The van der Waals surface area contributed by atoms with Crippen molar-refractivity contribution in [2.24, 2.45) is 17.6 Å².